The Morgan fingerprint density at radius 3 is 2.77 bits per heavy atom. The molecule has 9 heteroatoms. The smallest absolute Gasteiger partial charge is 0.357 e. The number of aromatic nitrogens is 1. The molecule has 112 valence electrons. The topological polar surface area (TPSA) is 124 Å². The van der Waals surface area contributed by atoms with Gasteiger partial charge in [-0.1, -0.05) is 0 Å². The number of hydrogen-bond donors (Lipinski definition) is 1. The highest BCUT2D eigenvalue weighted by Gasteiger charge is 2.23. The van der Waals surface area contributed by atoms with E-state index in [0.29, 0.717) is 10.2 Å². The number of carbonyl (C=O) groups is 1. The lowest BCUT2D eigenvalue weighted by Crippen LogP contribution is -2.11. The van der Waals surface area contributed by atoms with E-state index in [9.17, 15) is 14.9 Å². The van der Waals surface area contributed by atoms with Gasteiger partial charge in [0.05, 0.1) is 29.0 Å². The van der Waals surface area contributed by atoms with Gasteiger partial charge in [-0.25, -0.2) is 4.79 Å². The van der Waals surface area contributed by atoms with Crippen molar-refractivity contribution in [3.8, 4) is 11.8 Å². The number of rotatable bonds is 3. The van der Waals surface area contributed by atoms with Crippen LogP contribution in [0, 0.1) is 21.4 Å². The maximum Gasteiger partial charge on any atom is 0.357 e. The summed E-state index contributed by atoms with van der Waals surface area (Å²) in [4.78, 5) is 22.3. The Hall–Kier alpha value is -2.86. The first-order valence-electron chi connectivity index (χ1n) is 5.84. The number of carbonyl (C=O) groups excluding carboxylic acids is 1. The van der Waals surface area contributed by atoms with Crippen molar-refractivity contribution in [2.24, 2.45) is 0 Å². The maximum absolute atomic E-state index is 11.9. The van der Waals surface area contributed by atoms with Gasteiger partial charge < -0.3 is 15.0 Å². The van der Waals surface area contributed by atoms with E-state index in [1.807, 2.05) is 6.07 Å². The second kappa shape index (κ2) is 5.87. The zero-order valence-electron chi connectivity index (χ0n) is 11.2. The molecule has 2 N–H and O–H groups in total. The molecular weight excluding hydrogens is 356 g/mol. The van der Waals surface area contributed by atoms with Crippen LogP contribution in [0.4, 0.5) is 11.4 Å². The lowest BCUT2D eigenvalue weighted by Gasteiger charge is -2.10. The Morgan fingerprint density at radius 1 is 1.55 bits per heavy atom. The number of benzene rings is 1. The molecule has 0 unspecified atom stereocenters. The zero-order valence-corrected chi connectivity index (χ0v) is 12.8. The van der Waals surface area contributed by atoms with Crippen LogP contribution in [0.3, 0.4) is 0 Å². The number of nitrogen functional groups attached to an aromatic ring is 1. The SMILES string of the molecule is COC(=O)c1c(N)c(C#N)cn1-c1cc([N+](=O)[O-])ccc1Br. The minimum atomic E-state index is -0.752. The molecule has 1 aromatic carbocycles. The minimum Gasteiger partial charge on any atom is -0.464 e. The summed E-state index contributed by atoms with van der Waals surface area (Å²) in [6.45, 7) is 0. The van der Waals surface area contributed by atoms with Crippen molar-refractivity contribution in [2.75, 3.05) is 12.8 Å². The molecule has 0 aliphatic rings. The Kier molecular flexibility index (Phi) is 4.14. The van der Waals surface area contributed by atoms with Crippen molar-refractivity contribution in [3.05, 3.63) is 50.2 Å². The molecule has 0 saturated carbocycles. The van der Waals surface area contributed by atoms with Gasteiger partial charge in [0.25, 0.3) is 5.69 Å². The normalized spacial score (nSPS) is 10.0. The number of esters is 1. The number of halogens is 1. The number of nitrogens with two attached hydrogens (primary N) is 1. The van der Waals surface area contributed by atoms with Crippen molar-refractivity contribution >= 4 is 33.3 Å². The third-order valence-electron chi connectivity index (χ3n) is 2.94. The molecule has 0 amide bonds. The van der Waals surface area contributed by atoms with Crippen LogP contribution in [0.25, 0.3) is 5.69 Å². The number of anilines is 1. The van der Waals surface area contributed by atoms with Crippen LogP contribution in [0.15, 0.2) is 28.9 Å². The lowest BCUT2D eigenvalue weighted by atomic mass is 10.2. The first-order chi connectivity index (χ1) is 10.4. The van der Waals surface area contributed by atoms with Crippen molar-refractivity contribution in [2.45, 2.75) is 0 Å². The molecule has 0 aliphatic heterocycles. The number of nitro benzene ring substituents is 1. The average Bonchev–Trinajstić information content (AvgIpc) is 2.83. The summed E-state index contributed by atoms with van der Waals surface area (Å²) in [7, 11) is 1.17. The van der Waals surface area contributed by atoms with E-state index < -0.39 is 10.9 Å². The molecule has 0 saturated heterocycles. The summed E-state index contributed by atoms with van der Waals surface area (Å²) in [5, 5.41) is 20.0. The van der Waals surface area contributed by atoms with Gasteiger partial charge in [0.15, 0.2) is 5.69 Å². The van der Waals surface area contributed by atoms with Gasteiger partial charge in [-0.05, 0) is 22.0 Å². The highest BCUT2D eigenvalue weighted by atomic mass is 79.9. The predicted octanol–water partition coefficient (Wildman–Crippen LogP) is 2.39. The largest absolute Gasteiger partial charge is 0.464 e. The molecule has 0 bridgehead atoms. The molecule has 0 fully saturated rings. The maximum atomic E-state index is 11.9. The summed E-state index contributed by atoms with van der Waals surface area (Å²) in [5.74, 6) is -0.752. The molecule has 0 spiro atoms. The van der Waals surface area contributed by atoms with Crippen LogP contribution in [0.2, 0.25) is 0 Å². The van der Waals surface area contributed by atoms with E-state index in [2.05, 4.69) is 20.7 Å². The number of nitro groups is 1. The third-order valence-corrected chi connectivity index (χ3v) is 3.61. The third kappa shape index (κ3) is 2.51. The van der Waals surface area contributed by atoms with E-state index in [0.717, 1.165) is 0 Å². The van der Waals surface area contributed by atoms with Gasteiger partial charge in [-0.15, -0.1) is 0 Å². The number of nitrogens with zero attached hydrogens (tertiary/aromatic N) is 3. The van der Waals surface area contributed by atoms with Gasteiger partial charge in [-0.3, -0.25) is 10.1 Å². The van der Waals surface area contributed by atoms with Crippen LogP contribution < -0.4 is 5.73 Å². The minimum absolute atomic E-state index is 0.0484. The fourth-order valence-corrected chi connectivity index (χ4v) is 2.34. The molecule has 0 atom stereocenters. The van der Waals surface area contributed by atoms with Gasteiger partial charge in [-0.2, -0.15) is 5.26 Å². The zero-order chi connectivity index (χ0) is 16.4. The summed E-state index contributed by atoms with van der Waals surface area (Å²) in [6, 6.07) is 5.90. The summed E-state index contributed by atoms with van der Waals surface area (Å²) in [5.41, 5.74) is 5.86. The van der Waals surface area contributed by atoms with Crippen molar-refractivity contribution < 1.29 is 14.5 Å². The fraction of sp³-hybridized carbons (Fsp3) is 0.0769. The Bertz CT molecular complexity index is 822. The quantitative estimate of drug-likeness (QED) is 0.506. The first-order valence-corrected chi connectivity index (χ1v) is 6.63. The van der Waals surface area contributed by atoms with Crippen LogP contribution in [0.5, 0.6) is 0 Å². The second-order valence-corrected chi connectivity index (χ2v) is 5.03. The molecule has 8 nitrogen and oxygen atoms in total. The highest BCUT2D eigenvalue weighted by Crippen LogP contribution is 2.31. The Morgan fingerprint density at radius 2 is 2.23 bits per heavy atom. The molecule has 1 aromatic heterocycles. The van der Waals surface area contributed by atoms with E-state index in [4.69, 9.17) is 11.0 Å². The number of methoxy groups -OCH3 is 1. The van der Waals surface area contributed by atoms with Gasteiger partial charge >= 0.3 is 5.97 Å². The number of ether oxygens (including phenoxy) is 1. The van der Waals surface area contributed by atoms with Crippen molar-refractivity contribution in [1.82, 2.24) is 4.57 Å². The van der Waals surface area contributed by atoms with E-state index in [1.165, 1.54) is 36.1 Å². The molecular formula is C13H9BrN4O4. The van der Waals surface area contributed by atoms with E-state index in [-0.39, 0.29) is 22.6 Å². The monoisotopic (exact) mass is 364 g/mol. The molecule has 0 radical (unpaired) electrons. The lowest BCUT2D eigenvalue weighted by molar-refractivity contribution is -0.384. The second-order valence-electron chi connectivity index (χ2n) is 4.17. The standard InChI is InChI=1S/C13H9BrN4O4/c1-22-13(19)12-11(16)7(5-15)6-17(12)10-4-8(18(20)21)2-3-9(10)14/h2-4,6H,16H2,1H3. The first kappa shape index (κ1) is 15.5. The van der Waals surface area contributed by atoms with E-state index >= 15 is 0 Å². The van der Waals surface area contributed by atoms with Gasteiger partial charge in [0, 0.05) is 22.8 Å². The molecule has 2 rings (SSSR count). The van der Waals surface area contributed by atoms with Crippen molar-refractivity contribution in [1.29, 1.82) is 5.26 Å². The molecule has 1 heterocycles. The predicted molar refractivity (Wildman–Crippen MR) is 80.6 cm³/mol. The fourth-order valence-electron chi connectivity index (χ4n) is 1.90. The highest BCUT2D eigenvalue weighted by molar-refractivity contribution is 9.10. The number of nitriles is 1. The van der Waals surface area contributed by atoms with Crippen LogP contribution >= 0.6 is 15.9 Å². The number of non-ortho nitro benzene ring substituents is 1. The summed E-state index contributed by atoms with van der Waals surface area (Å²) in [6.07, 6.45) is 1.32. The molecule has 0 aliphatic carbocycles. The Labute approximate surface area is 133 Å². The van der Waals surface area contributed by atoms with Crippen LogP contribution in [0.1, 0.15) is 16.1 Å². The van der Waals surface area contributed by atoms with Crippen LogP contribution in [-0.4, -0.2) is 22.6 Å². The van der Waals surface area contributed by atoms with Crippen molar-refractivity contribution in [3.63, 3.8) is 0 Å². The van der Waals surface area contributed by atoms with Gasteiger partial charge in [0.2, 0.25) is 0 Å². The van der Waals surface area contributed by atoms with Gasteiger partial charge in [0.1, 0.15) is 6.07 Å². The molecule has 22 heavy (non-hydrogen) atoms. The van der Waals surface area contributed by atoms with E-state index in [1.54, 1.807) is 0 Å². The molecule has 2 aromatic rings. The van der Waals surface area contributed by atoms with Crippen LogP contribution in [-0.2, 0) is 4.74 Å². The Balaban J connectivity index is 2.78. The average molecular weight is 365 g/mol. The number of hydrogen-bond acceptors (Lipinski definition) is 6. The summed E-state index contributed by atoms with van der Waals surface area (Å²) >= 11 is 3.26. The summed E-state index contributed by atoms with van der Waals surface area (Å²) < 4.78 is 6.43.